The van der Waals surface area contributed by atoms with Crippen LogP contribution in [0.1, 0.15) is 18.4 Å². The van der Waals surface area contributed by atoms with Crippen LogP contribution in [0.3, 0.4) is 0 Å². The minimum Gasteiger partial charge on any atom is -0.392 e. The molecule has 84 valence electrons. The number of aromatic nitrogens is 2. The number of nitrogens with zero attached hydrogens (tertiary/aromatic N) is 3. The van der Waals surface area contributed by atoms with Gasteiger partial charge in [-0.1, -0.05) is 18.3 Å². The van der Waals surface area contributed by atoms with Crippen molar-refractivity contribution in [1.29, 1.82) is 0 Å². The monoisotopic (exact) mass is 247 g/mol. The third-order valence-corrected chi connectivity index (χ3v) is 3.52. The van der Waals surface area contributed by atoms with Gasteiger partial charge in [0.05, 0.1) is 12.6 Å². The predicted octanol–water partition coefficient (Wildman–Crippen LogP) is 1.39. The Balaban J connectivity index is 1.94. The first kappa shape index (κ1) is 11.3. The van der Waals surface area contributed by atoms with E-state index in [2.05, 4.69) is 22.0 Å². The number of likely N-dealkylation sites (tertiary alicyclic amines) is 1. The lowest BCUT2D eigenvalue weighted by Gasteiger charge is -2.33. The number of aliphatic hydroxyl groups excluding tert-OH is 1. The van der Waals surface area contributed by atoms with Crippen LogP contribution in [0.4, 0.5) is 0 Å². The van der Waals surface area contributed by atoms with E-state index < -0.39 is 0 Å². The van der Waals surface area contributed by atoms with Crippen molar-refractivity contribution in [3.63, 3.8) is 0 Å². The predicted molar refractivity (Wildman–Crippen MR) is 60.0 cm³/mol. The number of piperidine rings is 1. The van der Waals surface area contributed by atoms with Crippen molar-refractivity contribution in [2.24, 2.45) is 5.92 Å². The van der Waals surface area contributed by atoms with Crippen molar-refractivity contribution >= 4 is 22.9 Å². The van der Waals surface area contributed by atoms with Gasteiger partial charge in [0.15, 0.2) is 0 Å². The highest BCUT2D eigenvalue weighted by Gasteiger charge is 2.23. The van der Waals surface area contributed by atoms with Gasteiger partial charge in [-0.05, 0) is 23.9 Å². The first-order valence-electron chi connectivity index (χ1n) is 5.02. The molecule has 2 atom stereocenters. The molecule has 0 aliphatic carbocycles. The molecule has 0 aromatic carbocycles. The normalized spacial score (nSPS) is 28.2. The molecule has 6 heteroatoms. The first-order chi connectivity index (χ1) is 7.13. The average Bonchev–Trinajstić information content (AvgIpc) is 2.49. The van der Waals surface area contributed by atoms with Crippen LogP contribution in [0, 0.1) is 5.92 Å². The zero-order chi connectivity index (χ0) is 10.8. The van der Waals surface area contributed by atoms with Gasteiger partial charge in [0, 0.05) is 13.1 Å². The number of hydrogen-bond donors (Lipinski definition) is 1. The fraction of sp³-hybridized carbons (Fsp3) is 0.778. The summed E-state index contributed by atoms with van der Waals surface area (Å²) in [5, 5.41) is 18.3. The molecule has 0 saturated carbocycles. The van der Waals surface area contributed by atoms with E-state index in [1.807, 2.05) is 0 Å². The highest BCUT2D eigenvalue weighted by Crippen LogP contribution is 2.21. The van der Waals surface area contributed by atoms with E-state index in [0.29, 0.717) is 10.4 Å². The van der Waals surface area contributed by atoms with Gasteiger partial charge in [-0.25, -0.2) is 0 Å². The SMILES string of the molecule is CC1CC(O)CN(Cc2nnc(Cl)s2)C1. The molecule has 0 amide bonds. The molecule has 1 N–H and O–H groups in total. The molecule has 15 heavy (non-hydrogen) atoms. The number of β-amino-alcohol motifs (C(OH)–C–C–N with tert-alkyl or cyclic N) is 1. The summed E-state index contributed by atoms with van der Waals surface area (Å²) >= 11 is 7.12. The molecule has 2 rings (SSSR count). The molecule has 0 radical (unpaired) electrons. The Kier molecular flexibility index (Phi) is 3.56. The maximum absolute atomic E-state index is 9.63. The zero-order valence-electron chi connectivity index (χ0n) is 8.56. The molecule has 2 unspecified atom stereocenters. The fourth-order valence-corrected chi connectivity index (χ4v) is 2.95. The van der Waals surface area contributed by atoms with E-state index in [-0.39, 0.29) is 6.10 Å². The smallest absolute Gasteiger partial charge is 0.207 e. The summed E-state index contributed by atoms with van der Waals surface area (Å²) in [6, 6.07) is 0. The van der Waals surface area contributed by atoms with Crippen LogP contribution in [0.5, 0.6) is 0 Å². The lowest BCUT2D eigenvalue weighted by molar-refractivity contribution is 0.0407. The van der Waals surface area contributed by atoms with Crippen LogP contribution in [0.2, 0.25) is 4.47 Å². The molecule has 1 saturated heterocycles. The highest BCUT2D eigenvalue weighted by molar-refractivity contribution is 7.15. The summed E-state index contributed by atoms with van der Waals surface area (Å²) in [7, 11) is 0. The summed E-state index contributed by atoms with van der Waals surface area (Å²) < 4.78 is 0.482. The van der Waals surface area contributed by atoms with Crippen LogP contribution >= 0.6 is 22.9 Å². The zero-order valence-corrected chi connectivity index (χ0v) is 10.1. The first-order valence-corrected chi connectivity index (χ1v) is 6.21. The fourth-order valence-electron chi connectivity index (χ4n) is 2.04. The Morgan fingerprint density at radius 2 is 2.33 bits per heavy atom. The van der Waals surface area contributed by atoms with Gasteiger partial charge in [-0.3, -0.25) is 4.90 Å². The summed E-state index contributed by atoms with van der Waals surface area (Å²) in [6.07, 6.45) is 0.685. The molecule has 1 aliphatic heterocycles. The minimum absolute atomic E-state index is 0.211. The Morgan fingerprint density at radius 3 is 2.93 bits per heavy atom. The highest BCUT2D eigenvalue weighted by atomic mass is 35.5. The van der Waals surface area contributed by atoms with Gasteiger partial charge in [0.25, 0.3) is 0 Å². The molecular weight excluding hydrogens is 234 g/mol. The third-order valence-electron chi connectivity index (χ3n) is 2.51. The molecular formula is C9H14ClN3OS. The average molecular weight is 248 g/mol. The molecule has 4 nitrogen and oxygen atoms in total. The largest absolute Gasteiger partial charge is 0.392 e. The Hall–Kier alpha value is -0.230. The van der Waals surface area contributed by atoms with E-state index in [9.17, 15) is 5.11 Å². The number of aliphatic hydroxyl groups is 1. The van der Waals surface area contributed by atoms with Crippen LogP contribution < -0.4 is 0 Å². The summed E-state index contributed by atoms with van der Waals surface area (Å²) in [6.45, 7) is 4.63. The molecule has 1 aromatic heterocycles. The molecule has 1 aliphatic rings. The van der Waals surface area contributed by atoms with E-state index in [4.69, 9.17) is 11.6 Å². The van der Waals surface area contributed by atoms with E-state index >= 15 is 0 Å². The Morgan fingerprint density at radius 1 is 1.53 bits per heavy atom. The van der Waals surface area contributed by atoms with Gasteiger partial charge < -0.3 is 5.11 Å². The molecule has 1 fully saturated rings. The molecule has 0 spiro atoms. The van der Waals surface area contributed by atoms with Crippen molar-refractivity contribution in [1.82, 2.24) is 15.1 Å². The number of rotatable bonds is 2. The van der Waals surface area contributed by atoms with E-state index in [1.54, 1.807) is 0 Å². The second-order valence-electron chi connectivity index (χ2n) is 4.14. The standard InChI is InChI=1S/C9H14ClN3OS/c1-6-2-7(14)4-13(3-6)5-8-11-12-9(10)15-8/h6-7,14H,2-5H2,1H3. The molecule has 2 heterocycles. The van der Waals surface area contributed by atoms with Crippen molar-refractivity contribution in [3.05, 3.63) is 9.47 Å². The summed E-state index contributed by atoms with van der Waals surface area (Å²) in [5.74, 6) is 0.539. The Labute approximate surface area is 97.9 Å². The second-order valence-corrected chi connectivity index (χ2v) is 5.78. The van der Waals surface area contributed by atoms with E-state index in [0.717, 1.165) is 31.1 Å². The van der Waals surface area contributed by atoms with Gasteiger partial charge in [-0.15, -0.1) is 10.2 Å². The molecule has 0 bridgehead atoms. The molecule has 1 aromatic rings. The van der Waals surface area contributed by atoms with Crippen molar-refractivity contribution < 1.29 is 5.11 Å². The van der Waals surface area contributed by atoms with Gasteiger partial charge >= 0.3 is 0 Å². The third kappa shape index (κ3) is 3.11. The minimum atomic E-state index is -0.211. The Bertz CT molecular complexity index is 323. The van der Waals surface area contributed by atoms with Crippen LogP contribution in [-0.4, -0.2) is 39.4 Å². The number of halogens is 1. The van der Waals surface area contributed by atoms with Crippen molar-refractivity contribution in [2.45, 2.75) is 26.0 Å². The van der Waals surface area contributed by atoms with Gasteiger partial charge in [-0.2, -0.15) is 0 Å². The lowest BCUT2D eigenvalue weighted by atomic mass is 9.98. The topological polar surface area (TPSA) is 49.2 Å². The lowest BCUT2D eigenvalue weighted by Crippen LogP contribution is -2.41. The maximum Gasteiger partial charge on any atom is 0.207 e. The quantitative estimate of drug-likeness (QED) is 0.858. The van der Waals surface area contributed by atoms with Gasteiger partial charge in [0.2, 0.25) is 4.47 Å². The second kappa shape index (κ2) is 4.74. The summed E-state index contributed by atoms with van der Waals surface area (Å²) in [4.78, 5) is 2.20. The van der Waals surface area contributed by atoms with Crippen molar-refractivity contribution in [3.8, 4) is 0 Å². The van der Waals surface area contributed by atoms with Crippen LogP contribution in [0.15, 0.2) is 0 Å². The summed E-state index contributed by atoms with van der Waals surface area (Å²) in [5.41, 5.74) is 0. The van der Waals surface area contributed by atoms with Crippen molar-refractivity contribution in [2.75, 3.05) is 13.1 Å². The van der Waals surface area contributed by atoms with Gasteiger partial charge in [0.1, 0.15) is 5.01 Å². The maximum atomic E-state index is 9.63. The van der Waals surface area contributed by atoms with Crippen LogP contribution in [-0.2, 0) is 6.54 Å². The van der Waals surface area contributed by atoms with Crippen LogP contribution in [0.25, 0.3) is 0 Å². The van der Waals surface area contributed by atoms with E-state index in [1.165, 1.54) is 11.3 Å². The number of hydrogen-bond acceptors (Lipinski definition) is 5.